The first-order valence-corrected chi connectivity index (χ1v) is 7.06. The number of nitrogens with one attached hydrogen (secondary N) is 1. The summed E-state index contributed by atoms with van der Waals surface area (Å²) >= 11 is 0. The second-order valence-corrected chi connectivity index (χ2v) is 5.36. The van der Waals surface area contributed by atoms with E-state index in [0.717, 1.165) is 43.1 Å². The molecule has 1 saturated heterocycles. The van der Waals surface area contributed by atoms with Gasteiger partial charge in [0.2, 0.25) is 5.95 Å². The number of H-pyrrole nitrogens is 1. The van der Waals surface area contributed by atoms with E-state index in [2.05, 4.69) is 32.0 Å². The SMILES string of the molecule is CC1C(N)CCCN1c1n[nH]c(Cc2cccnc2)n1. The van der Waals surface area contributed by atoms with E-state index in [-0.39, 0.29) is 12.1 Å². The van der Waals surface area contributed by atoms with Gasteiger partial charge in [-0.2, -0.15) is 4.98 Å². The standard InChI is InChI=1S/C14H20N6/c1-10-12(15)5-3-7-20(10)14-17-13(18-19-14)8-11-4-2-6-16-9-11/h2,4,6,9-10,12H,3,5,7-8,15H2,1H3,(H,17,18,19). The van der Waals surface area contributed by atoms with Crippen molar-refractivity contribution in [2.75, 3.05) is 11.4 Å². The molecule has 0 spiro atoms. The van der Waals surface area contributed by atoms with Crippen LogP contribution in [-0.4, -0.2) is 38.8 Å². The largest absolute Gasteiger partial charge is 0.335 e. The quantitative estimate of drug-likeness (QED) is 0.874. The Kier molecular flexibility index (Phi) is 3.64. The molecule has 0 saturated carbocycles. The van der Waals surface area contributed by atoms with Crippen LogP contribution in [0.5, 0.6) is 0 Å². The number of aromatic nitrogens is 4. The molecule has 3 heterocycles. The monoisotopic (exact) mass is 272 g/mol. The van der Waals surface area contributed by atoms with E-state index < -0.39 is 0 Å². The van der Waals surface area contributed by atoms with Gasteiger partial charge in [-0.05, 0) is 31.4 Å². The van der Waals surface area contributed by atoms with E-state index in [1.807, 2.05) is 18.3 Å². The normalized spacial score (nSPS) is 23.0. The van der Waals surface area contributed by atoms with Crippen molar-refractivity contribution >= 4 is 5.95 Å². The zero-order valence-corrected chi connectivity index (χ0v) is 11.7. The first kappa shape index (κ1) is 13.1. The van der Waals surface area contributed by atoms with Gasteiger partial charge in [0.05, 0.1) is 0 Å². The van der Waals surface area contributed by atoms with Crippen LogP contribution in [0.15, 0.2) is 24.5 Å². The number of pyridine rings is 1. The van der Waals surface area contributed by atoms with Crippen molar-refractivity contribution in [1.82, 2.24) is 20.2 Å². The summed E-state index contributed by atoms with van der Waals surface area (Å²) in [4.78, 5) is 10.9. The number of hydrogen-bond donors (Lipinski definition) is 2. The number of hydrogen-bond acceptors (Lipinski definition) is 5. The Balaban J connectivity index is 1.73. The van der Waals surface area contributed by atoms with Gasteiger partial charge in [-0.15, -0.1) is 5.10 Å². The maximum atomic E-state index is 6.12. The molecule has 2 aromatic rings. The molecule has 1 fully saturated rings. The van der Waals surface area contributed by atoms with Gasteiger partial charge in [0, 0.05) is 37.4 Å². The topological polar surface area (TPSA) is 83.7 Å². The number of rotatable bonds is 3. The number of piperidine rings is 1. The predicted molar refractivity (Wildman–Crippen MR) is 77.4 cm³/mol. The molecule has 3 rings (SSSR count). The second-order valence-electron chi connectivity index (χ2n) is 5.36. The molecular weight excluding hydrogens is 252 g/mol. The molecule has 0 aromatic carbocycles. The molecule has 1 aliphatic rings. The molecule has 3 N–H and O–H groups in total. The lowest BCUT2D eigenvalue weighted by atomic mass is 9.99. The third-order valence-electron chi connectivity index (χ3n) is 3.92. The molecule has 6 nitrogen and oxygen atoms in total. The van der Waals surface area contributed by atoms with Crippen LogP contribution in [0.2, 0.25) is 0 Å². The highest BCUT2D eigenvalue weighted by Crippen LogP contribution is 2.21. The summed E-state index contributed by atoms with van der Waals surface area (Å²) < 4.78 is 0. The summed E-state index contributed by atoms with van der Waals surface area (Å²) in [5.41, 5.74) is 7.24. The van der Waals surface area contributed by atoms with E-state index in [1.165, 1.54) is 0 Å². The highest BCUT2D eigenvalue weighted by Gasteiger charge is 2.27. The highest BCUT2D eigenvalue weighted by molar-refractivity contribution is 5.33. The van der Waals surface area contributed by atoms with Crippen molar-refractivity contribution < 1.29 is 0 Å². The van der Waals surface area contributed by atoms with Crippen LogP contribution in [0.4, 0.5) is 5.95 Å². The first-order chi connectivity index (χ1) is 9.74. The van der Waals surface area contributed by atoms with Crippen LogP contribution >= 0.6 is 0 Å². The second kappa shape index (κ2) is 5.58. The van der Waals surface area contributed by atoms with Crippen LogP contribution in [0.25, 0.3) is 0 Å². The van der Waals surface area contributed by atoms with Gasteiger partial charge in [0.1, 0.15) is 5.82 Å². The fraction of sp³-hybridized carbons (Fsp3) is 0.500. The van der Waals surface area contributed by atoms with Crippen LogP contribution in [0.1, 0.15) is 31.2 Å². The van der Waals surface area contributed by atoms with Crippen molar-refractivity contribution in [3.05, 3.63) is 35.9 Å². The van der Waals surface area contributed by atoms with Crippen molar-refractivity contribution in [1.29, 1.82) is 0 Å². The Labute approximate surface area is 118 Å². The smallest absolute Gasteiger partial charge is 0.245 e. The molecule has 2 unspecified atom stereocenters. The minimum atomic E-state index is 0.198. The average Bonchev–Trinajstić information content (AvgIpc) is 2.91. The van der Waals surface area contributed by atoms with Gasteiger partial charge in [-0.3, -0.25) is 10.1 Å². The molecule has 0 radical (unpaired) electrons. The fourth-order valence-corrected chi connectivity index (χ4v) is 2.64. The molecule has 106 valence electrons. The predicted octanol–water partition coefficient (Wildman–Crippen LogP) is 1.11. The van der Waals surface area contributed by atoms with Crippen molar-refractivity contribution in [2.24, 2.45) is 5.73 Å². The lowest BCUT2D eigenvalue weighted by molar-refractivity contribution is 0.416. The number of anilines is 1. The molecule has 6 heteroatoms. The Morgan fingerprint density at radius 2 is 2.40 bits per heavy atom. The van der Waals surface area contributed by atoms with Crippen molar-refractivity contribution in [3.63, 3.8) is 0 Å². The number of nitrogens with zero attached hydrogens (tertiary/aromatic N) is 4. The first-order valence-electron chi connectivity index (χ1n) is 7.06. The zero-order chi connectivity index (χ0) is 13.9. The average molecular weight is 272 g/mol. The molecule has 2 atom stereocenters. The fourth-order valence-electron chi connectivity index (χ4n) is 2.64. The Hall–Kier alpha value is -1.95. The van der Waals surface area contributed by atoms with Gasteiger partial charge in [0.25, 0.3) is 0 Å². The van der Waals surface area contributed by atoms with Crippen LogP contribution in [-0.2, 0) is 6.42 Å². The van der Waals surface area contributed by atoms with E-state index in [0.29, 0.717) is 0 Å². The number of nitrogens with two attached hydrogens (primary N) is 1. The molecule has 0 bridgehead atoms. The highest BCUT2D eigenvalue weighted by atomic mass is 15.4. The Morgan fingerprint density at radius 1 is 1.50 bits per heavy atom. The van der Waals surface area contributed by atoms with Crippen LogP contribution < -0.4 is 10.6 Å². The maximum absolute atomic E-state index is 6.12. The van der Waals surface area contributed by atoms with E-state index in [4.69, 9.17) is 5.73 Å². The third kappa shape index (κ3) is 2.65. The minimum absolute atomic E-state index is 0.198. The molecule has 1 aliphatic heterocycles. The minimum Gasteiger partial charge on any atom is -0.335 e. The van der Waals surface area contributed by atoms with Crippen LogP contribution in [0, 0.1) is 0 Å². The van der Waals surface area contributed by atoms with Gasteiger partial charge >= 0.3 is 0 Å². The third-order valence-corrected chi connectivity index (χ3v) is 3.92. The zero-order valence-electron chi connectivity index (χ0n) is 11.7. The summed E-state index contributed by atoms with van der Waals surface area (Å²) in [5.74, 6) is 1.62. The summed E-state index contributed by atoms with van der Waals surface area (Å²) in [7, 11) is 0. The molecule has 2 aromatic heterocycles. The van der Waals surface area contributed by atoms with Crippen molar-refractivity contribution in [2.45, 2.75) is 38.3 Å². The molecule has 0 amide bonds. The number of aromatic amines is 1. The molecular formula is C14H20N6. The van der Waals surface area contributed by atoms with Gasteiger partial charge < -0.3 is 10.6 Å². The Morgan fingerprint density at radius 3 is 3.20 bits per heavy atom. The van der Waals surface area contributed by atoms with Crippen molar-refractivity contribution in [3.8, 4) is 0 Å². The lowest BCUT2D eigenvalue weighted by Crippen LogP contribution is -2.50. The maximum Gasteiger partial charge on any atom is 0.245 e. The van der Waals surface area contributed by atoms with E-state index in [1.54, 1.807) is 6.20 Å². The van der Waals surface area contributed by atoms with E-state index >= 15 is 0 Å². The molecule has 0 aliphatic carbocycles. The summed E-state index contributed by atoms with van der Waals surface area (Å²) in [5, 5.41) is 7.35. The lowest BCUT2D eigenvalue weighted by Gasteiger charge is -2.36. The van der Waals surface area contributed by atoms with Gasteiger partial charge in [0.15, 0.2) is 0 Å². The summed E-state index contributed by atoms with van der Waals surface area (Å²) in [6, 6.07) is 4.45. The van der Waals surface area contributed by atoms with Gasteiger partial charge in [-0.1, -0.05) is 6.07 Å². The van der Waals surface area contributed by atoms with E-state index in [9.17, 15) is 0 Å². The molecule has 20 heavy (non-hydrogen) atoms. The summed E-state index contributed by atoms with van der Waals surface area (Å²) in [6.07, 6.45) is 6.51. The van der Waals surface area contributed by atoms with Gasteiger partial charge in [-0.25, -0.2) is 0 Å². The Bertz CT molecular complexity index is 552. The van der Waals surface area contributed by atoms with Crippen LogP contribution in [0.3, 0.4) is 0 Å². The summed E-state index contributed by atoms with van der Waals surface area (Å²) in [6.45, 7) is 3.11.